The van der Waals surface area contributed by atoms with Crippen molar-refractivity contribution in [1.29, 1.82) is 0 Å². The first-order valence-electron chi connectivity index (χ1n) is 5.34. The Labute approximate surface area is 101 Å². The summed E-state index contributed by atoms with van der Waals surface area (Å²) < 4.78 is 4.73. The lowest BCUT2D eigenvalue weighted by Gasteiger charge is -2.21. The van der Waals surface area contributed by atoms with Crippen molar-refractivity contribution in [2.24, 2.45) is 11.1 Å². The molecule has 0 saturated carbocycles. The SMILES string of the molecule is COC(=O)C(C)(C)Cc1cccc(C(N)=O)c1. The van der Waals surface area contributed by atoms with Gasteiger partial charge in [0.15, 0.2) is 0 Å². The average molecular weight is 235 g/mol. The molecule has 0 saturated heterocycles. The Morgan fingerprint density at radius 3 is 2.53 bits per heavy atom. The molecule has 1 aromatic rings. The van der Waals surface area contributed by atoms with Crippen LogP contribution in [0.15, 0.2) is 24.3 Å². The van der Waals surface area contributed by atoms with Gasteiger partial charge in [-0.2, -0.15) is 0 Å². The van der Waals surface area contributed by atoms with Crippen molar-refractivity contribution in [2.75, 3.05) is 7.11 Å². The molecule has 1 rings (SSSR count). The van der Waals surface area contributed by atoms with Gasteiger partial charge in [0.1, 0.15) is 0 Å². The zero-order valence-electron chi connectivity index (χ0n) is 10.3. The van der Waals surface area contributed by atoms with Crippen LogP contribution in [0.3, 0.4) is 0 Å². The average Bonchev–Trinajstić information content (AvgIpc) is 2.27. The number of ether oxygens (including phenoxy) is 1. The second-order valence-corrected chi connectivity index (χ2v) is 4.62. The third-order valence-corrected chi connectivity index (χ3v) is 2.60. The standard InChI is InChI=1S/C13H17NO3/c1-13(2,12(16)17-3)8-9-5-4-6-10(7-9)11(14)15/h4-7H,8H2,1-3H3,(H2,14,15). The monoisotopic (exact) mass is 235 g/mol. The minimum atomic E-state index is -0.620. The summed E-state index contributed by atoms with van der Waals surface area (Å²) in [4.78, 5) is 22.6. The predicted molar refractivity (Wildman–Crippen MR) is 64.5 cm³/mol. The van der Waals surface area contributed by atoms with E-state index in [1.54, 1.807) is 32.0 Å². The van der Waals surface area contributed by atoms with Gasteiger partial charge >= 0.3 is 5.97 Å². The Kier molecular flexibility index (Phi) is 3.89. The summed E-state index contributed by atoms with van der Waals surface area (Å²) in [5, 5.41) is 0. The molecule has 1 aromatic carbocycles. The first-order chi connectivity index (χ1) is 7.86. The molecule has 92 valence electrons. The lowest BCUT2D eigenvalue weighted by Crippen LogP contribution is -2.28. The molecule has 17 heavy (non-hydrogen) atoms. The van der Waals surface area contributed by atoms with Gasteiger partial charge in [0.25, 0.3) is 0 Å². The number of nitrogens with two attached hydrogens (primary N) is 1. The number of hydrogen-bond acceptors (Lipinski definition) is 3. The van der Waals surface area contributed by atoms with Gasteiger partial charge in [-0.25, -0.2) is 0 Å². The van der Waals surface area contributed by atoms with Crippen molar-refractivity contribution in [2.45, 2.75) is 20.3 Å². The van der Waals surface area contributed by atoms with Crippen LogP contribution in [-0.4, -0.2) is 19.0 Å². The molecule has 0 atom stereocenters. The minimum Gasteiger partial charge on any atom is -0.469 e. The fourth-order valence-electron chi connectivity index (χ4n) is 1.69. The maximum atomic E-state index is 11.5. The molecule has 2 N–H and O–H groups in total. The molecule has 0 spiro atoms. The van der Waals surface area contributed by atoms with Crippen LogP contribution >= 0.6 is 0 Å². The summed E-state index contributed by atoms with van der Waals surface area (Å²) in [6.07, 6.45) is 0.501. The van der Waals surface area contributed by atoms with Gasteiger partial charge in [0, 0.05) is 5.56 Å². The zero-order valence-corrected chi connectivity index (χ0v) is 10.3. The van der Waals surface area contributed by atoms with Crippen LogP contribution in [0.4, 0.5) is 0 Å². The predicted octanol–water partition coefficient (Wildman–Crippen LogP) is 1.53. The van der Waals surface area contributed by atoms with E-state index >= 15 is 0 Å². The first-order valence-corrected chi connectivity index (χ1v) is 5.34. The van der Waals surface area contributed by atoms with Gasteiger partial charge in [0.05, 0.1) is 12.5 Å². The molecule has 0 radical (unpaired) electrons. The Morgan fingerprint density at radius 2 is 2.00 bits per heavy atom. The van der Waals surface area contributed by atoms with Crippen LogP contribution < -0.4 is 5.73 Å². The van der Waals surface area contributed by atoms with Crippen LogP contribution in [0.1, 0.15) is 29.8 Å². The van der Waals surface area contributed by atoms with Crippen molar-refractivity contribution in [1.82, 2.24) is 0 Å². The fraction of sp³-hybridized carbons (Fsp3) is 0.385. The Morgan fingerprint density at radius 1 is 1.35 bits per heavy atom. The molecule has 0 bridgehead atoms. The number of hydrogen-bond donors (Lipinski definition) is 1. The first kappa shape index (κ1) is 13.2. The van der Waals surface area contributed by atoms with E-state index < -0.39 is 11.3 Å². The highest BCUT2D eigenvalue weighted by Crippen LogP contribution is 2.23. The van der Waals surface area contributed by atoms with Crippen molar-refractivity contribution >= 4 is 11.9 Å². The summed E-state index contributed by atoms with van der Waals surface area (Å²) in [6.45, 7) is 3.60. The largest absolute Gasteiger partial charge is 0.469 e. The number of esters is 1. The Balaban J connectivity index is 2.92. The fourth-order valence-corrected chi connectivity index (χ4v) is 1.69. The topological polar surface area (TPSA) is 69.4 Å². The van der Waals surface area contributed by atoms with Gasteiger partial charge < -0.3 is 10.5 Å². The molecule has 0 aliphatic carbocycles. The second-order valence-electron chi connectivity index (χ2n) is 4.62. The second kappa shape index (κ2) is 4.99. The van der Waals surface area contributed by atoms with Gasteiger partial charge in [0.2, 0.25) is 5.91 Å². The smallest absolute Gasteiger partial charge is 0.311 e. The van der Waals surface area contributed by atoms with E-state index in [4.69, 9.17) is 10.5 Å². The number of amides is 1. The number of rotatable bonds is 4. The van der Waals surface area contributed by atoms with E-state index in [-0.39, 0.29) is 5.97 Å². The van der Waals surface area contributed by atoms with Gasteiger partial charge in [-0.3, -0.25) is 9.59 Å². The van der Waals surface area contributed by atoms with Crippen LogP contribution in [0.2, 0.25) is 0 Å². The van der Waals surface area contributed by atoms with E-state index in [2.05, 4.69) is 0 Å². The number of methoxy groups -OCH3 is 1. The Bertz CT molecular complexity index is 438. The lowest BCUT2D eigenvalue weighted by molar-refractivity contribution is -0.150. The third kappa shape index (κ3) is 3.31. The molecule has 0 unspecified atom stereocenters. The number of carbonyl (C=O) groups excluding carboxylic acids is 2. The van der Waals surface area contributed by atoms with Crippen LogP contribution in [-0.2, 0) is 16.0 Å². The molecule has 1 amide bonds. The van der Waals surface area contributed by atoms with Crippen molar-refractivity contribution < 1.29 is 14.3 Å². The van der Waals surface area contributed by atoms with E-state index in [1.807, 2.05) is 6.07 Å². The minimum absolute atomic E-state index is 0.276. The quantitative estimate of drug-likeness (QED) is 0.804. The van der Waals surface area contributed by atoms with Crippen molar-refractivity contribution in [3.8, 4) is 0 Å². The maximum absolute atomic E-state index is 11.5. The Hall–Kier alpha value is -1.84. The van der Waals surface area contributed by atoms with Gasteiger partial charge in [-0.15, -0.1) is 0 Å². The highest BCUT2D eigenvalue weighted by molar-refractivity contribution is 5.92. The van der Waals surface area contributed by atoms with E-state index in [1.165, 1.54) is 7.11 Å². The third-order valence-electron chi connectivity index (χ3n) is 2.60. The highest BCUT2D eigenvalue weighted by atomic mass is 16.5. The number of carbonyl (C=O) groups is 2. The normalized spacial score (nSPS) is 11.0. The van der Waals surface area contributed by atoms with Gasteiger partial charge in [-0.1, -0.05) is 12.1 Å². The highest BCUT2D eigenvalue weighted by Gasteiger charge is 2.28. The molecule has 0 heterocycles. The summed E-state index contributed by atoms with van der Waals surface area (Å²) in [7, 11) is 1.36. The number of primary amides is 1. The van der Waals surface area contributed by atoms with E-state index in [0.29, 0.717) is 12.0 Å². The maximum Gasteiger partial charge on any atom is 0.311 e. The number of benzene rings is 1. The molecular weight excluding hydrogens is 218 g/mol. The molecule has 0 aliphatic heterocycles. The molecule has 0 fully saturated rings. The summed E-state index contributed by atoms with van der Waals surface area (Å²) in [5.74, 6) is -0.746. The van der Waals surface area contributed by atoms with Crippen LogP contribution in [0.25, 0.3) is 0 Å². The molecular formula is C13H17NO3. The molecule has 4 heteroatoms. The molecule has 0 aromatic heterocycles. The van der Waals surface area contributed by atoms with E-state index in [9.17, 15) is 9.59 Å². The lowest BCUT2D eigenvalue weighted by atomic mass is 9.85. The zero-order chi connectivity index (χ0) is 13.1. The molecule has 4 nitrogen and oxygen atoms in total. The summed E-state index contributed by atoms with van der Waals surface area (Å²) in [5.41, 5.74) is 5.91. The van der Waals surface area contributed by atoms with Crippen LogP contribution in [0.5, 0.6) is 0 Å². The van der Waals surface area contributed by atoms with E-state index in [0.717, 1.165) is 5.56 Å². The molecule has 0 aliphatic rings. The van der Waals surface area contributed by atoms with Crippen molar-refractivity contribution in [3.63, 3.8) is 0 Å². The summed E-state index contributed by atoms with van der Waals surface area (Å²) in [6, 6.07) is 6.96. The van der Waals surface area contributed by atoms with Crippen LogP contribution in [0, 0.1) is 5.41 Å². The van der Waals surface area contributed by atoms with Gasteiger partial charge in [-0.05, 0) is 38.0 Å². The van der Waals surface area contributed by atoms with Crippen molar-refractivity contribution in [3.05, 3.63) is 35.4 Å². The summed E-state index contributed by atoms with van der Waals surface area (Å²) >= 11 is 0.